The molecule has 18 heavy (non-hydrogen) atoms. The monoisotopic (exact) mass is 263 g/mol. The van der Waals surface area contributed by atoms with Gasteiger partial charge in [-0.05, 0) is 25.0 Å². The second-order valence-electron chi connectivity index (χ2n) is 4.05. The largest absolute Gasteiger partial charge is 0.353 e. The molecule has 0 aromatic carbocycles. The van der Waals surface area contributed by atoms with Gasteiger partial charge in [-0.3, -0.25) is 4.79 Å². The van der Waals surface area contributed by atoms with Gasteiger partial charge in [0.25, 0.3) is 5.91 Å². The standard InChI is InChI=1S/C13H17N3OS/c1-2-5-12-15-11(10-18-12)13(17)14-6-9-16-7-3-4-8-16/h3-4,7-8,10H,2,5-6,9H2,1H3,(H,14,17). The Kier molecular flexibility index (Phi) is 4.52. The summed E-state index contributed by atoms with van der Waals surface area (Å²) in [6.45, 7) is 3.51. The summed E-state index contributed by atoms with van der Waals surface area (Å²) in [5.41, 5.74) is 0.538. The molecule has 0 aliphatic carbocycles. The van der Waals surface area contributed by atoms with Crippen LogP contribution in [-0.4, -0.2) is 22.0 Å². The molecule has 2 aromatic heterocycles. The Bertz CT molecular complexity index is 490. The van der Waals surface area contributed by atoms with Crippen LogP contribution in [0.5, 0.6) is 0 Å². The van der Waals surface area contributed by atoms with Crippen molar-refractivity contribution in [2.75, 3.05) is 6.54 Å². The molecule has 2 aromatic rings. The van der Waals surface area contributed by atoms with E-state index in [0.29, 0.717) is 12.2 Å². The highest BCUT2D eigenvalue weighted by atomic mass is 32.1. The van der Waals surface area contributed by atoms with Gasteiger partial charge in [0.2, 0.25) is 0 Å². The number of carbonyl (C=O) groups excluding carboxylic acids is 1. The van der Waals surface area contributed by atoms with Gasteiger partial charge < -0.3 is 9.88 Å². The van der Waals surface area contributed by atoms with Crippen molar-refractivity contribution in [1.29, 1.82) is 0 Å². The first-order valence-corrected chi connectivity index (χ1v) is 7.01. The molecular weight excluding hydrogens is 246 g/mol. The van der Waals surface area contributed by atoms with E-state index in [2.05, 4.69) is 17.2 Å². The molecule has 1 amide bonds. The summed E-state index contributed by atoms with van der Waals surface area (Å²) in [6.07, 6.45) is 5.96. The van der Waals surface area contributed by atoms with Crippen LogP contribution in [0.3, 0.4) is 0 Å². The van der Waals surface area contributed by atoms with Crippen molar-refractivity contribution in [2.45, 2.75) is 26.3 Å². The molecule has 0 aliphatic rings. The maximum atomic E-state index is 11.8. The van der Waals surface area contributed by atoms with E-state index < -0.39 is 0 Å². The zero-order valence-corrected chi connectivity index (χ0v) is 11.2. The predicted molar refractivity (Wildman–Crippen MR) is 72.9 cm³/mol. The number of aryl methyl sites for hydroxylation is 1. The average Bonchev–Trinajstić information content (AvgIpc) is 3.00. The minimum Gasteiger partial charge on any atom is -0.353 e. The van der Waals surface area contributed by atoms with Crippen molar-refractivity contribution in [3.05, 3.63) is 40.6 Å². The number of hydrogen-bond donors (Lipinski definition) is 1. The minimum atomic E-state index is -0.0826. The summed E-state index contributed by atoms with van der Waals surface area (Å²) in [6, 6.07) is 3.94. The molecule has 0 saturated carbocycles. The van der Waals surface area contributed by atoms with Crippen LogP contribution in [0, 0.1) is 0 Å². The quantitative estimate of drug-likeness (QED) is 0.869. The molecule has 0 radical (unpaired) electrons. The van der Waals surface area contributed by atoms with Gasteiger partial charge in [-0.1, -0.05) is 6.92 Å². The Morgan fingerprint density at radius 3 is 2.94 bits per heavy atom. The van der Waals surface area contributed by atoms with Gasteiger partial charge in [0.1, 0.15) is 5.69 Å². The Balaban J connectivity index is 1.80. The molecule has 4 nitrogen and oxygen atoms in total. The summed E-state index contributed by atoms with van der Waals surface area (Å²) in [5, 5.41) is 5.74. The Morgan fingerprint density at radius 2 is 2.22 bits per heavy atom. The highest BCUT2D eigenvalue weighted by Gasteiger charge is 2.09. The first-order chi connectivity index (χ1) is 8.79. The number of hydrogen-bond acceptors (Lipinski definition) is 3. The fourth-order valence-electron chi connectivity index (χ4n) is 1.65. The molecule has 0 spiro atoms. The first kappa shape index (κ1) is 12.8. The van der Waals surface area contributed by atoms with E-state index in [1.54, 1.807) is 11.3 Å². The molecule has 2 rings (SSSR count). The smallest absolute Gasteiger partial charge is 0.270 e. The molecule has 0 unspecified atom stereocenters. The van der Waals surface area contributed by atoms with Gasteiger partial charge in [0.15, 0.2) is 0 Å². The van der Waals surface area contributed by atoms with Crippen LogP contribution < -0.4 is 5.32 Å². The van der Waals surface area contributed by atoms with Gasteiger partial charge in [-0.2, -0.15) is 0 Å². The molecule has 96 valence electrons. The van der Waals surface area contributed by atoms with Crippen molar-refractivity contribution in [2.24, 2.45) is 0 Å². The number of rotatable bonds is 6. The number of nitrogens with one attached hydrogen (secondary N) is 1. The number of aromatic nitrogens is 2. The van der Waals surface area contributed by atoms with Crippen molar-refractivity contribution >= 4 is 17.2 Å². The summed E-state index contributed by atoms with van der Waals surface area (Å²) in [7, 11) is 0. The summed E-state index contributed by atoms with van der Waals surface area (Å²) < 4.78 is 2.03. The Morgan fingerprint density at radius 1 is 1.44 bits per heavy atom. The molecule has 0 fully saturated rings. The molecule has 0 saturated heterocycles. The van der Waals surface area contributed by atoms with Crippen LogP contribution in [0.1, 0.15) is 28.8 Å². The Labute approximate surface area is 111 Å². The number of amides is 1. The fourth-order valence-corrected chi connectivity index (χ4v) is 2.53. The highest BCUT2D eigenvalue weighted by molar-refractivity contribution is 7.09. The van der Waals surface area contributed by atoms with E-state index >= 15 is 0 Å². The van der Waals surface area contributed by atoms with Gasteiger partial charge >= 0.3 is 0 Å². The van der Waals surface area contributed by atoms with Gasteiger partial charge in [-0.25, -0.2) is 4.98 Å². The van der Waals surface area contributed by atoms with E-state index in [4.69, 9.17) is 0 Å². The summed E-state index contributed by atoms with van der Waals surface area (Å²) in [5.74, 6) is -0.0826. The maximum absolute atomic E-state index is 11.8. The lowest BCUT2D eigenvalue weighted by Crippen LogP contribution is -2.27. The third kappa shape index (κ3) is 3.43. The van der Waals surface area contributed by atoms with E-state index in [1.807, 2.05) is 34.5 Å². The van der Waals surface area contributed by atoms with Gasteiger partial charge in [-0.15, -0.1) is 11.3 Å². The molecule has 2 heterocycles. The zero-order valence-electron chi connectivity index (χ0n) is 10.4. The topological polar surface area (TPSA) is 46.9 Å². The molecule has 0 aliphatic heterocycles. The van der Waals surface area contributed by atoms with Crippen LogP contribution in [0.4, 0.5) is 0 Å². The van der Waals surface area contributed by atoms with Crippen LogP contribution >= 0.6 is 11.3 Å². The SMILES string of the molecule is CCCc1nc(C(=O)NCCn2cccc2)cs1. The van der Waals surface area contributed by atoms with Crippen LogP contribution in [0.2, 0.25) is 0 Å². The average molecular weight is 263 g/mol. The van der Waals surface area contributed by atoms with Crippen molar-refractivity contribution < 1.29 is 4.79 Å². The van der Waals surface area contributed by atoms with E-state index in [-0.39, 0.29) is 5.91 Å². The lowest BCUT2D eigenvalue weighted by atomic mass is 10.3. The minimum absolute atomic E-state index is 0.0826. The van der Waals surface area contributed by atoms with Crippen LogP contribution in [0.15, 0.2) is 29.9 Å². The normalized spacial score (nSPS) is 10.5. The molecule has 1 N–H and O–H groups in total. The van der Waals surface area contributed by atoms with Crippen molar-refractivity contribution in [3.63, 3.8) is 0 Å². The van der Waals surface area contributed by atoms with Crippen LogP contribution in [-0.2, 0) is 13.0 Å². The lowest BCUT2D eigenvalue weighted by Gasteiger charge is -2.04. The third-order valence-electron chi connectivity index (χ3n) is 2.57. The first-order valence-electron chi connectivity index (χ1n) is 6.13. The number of carbonyl (C=O) groups is 1. The van der Waals surface area contributed by atoms with Gasteiger partial charge in [0.05, 0.1) is 5.01 Å². The second kappa shape index (κ2) is 6.35. The van der Waals surface area contributed by atoms with Crippen molar-refractivity contribution in [3.8, 4) is 0 Å². The summed E-state index contributed by atoms with van der Waals surface area (Å²) >= 11 is 1.56. The van der Waals surface area contributed by atoms with Crippen molar-refractivity contribution in [1.82, 2.24) is 14.9 Å². The molecule has 0 atom stereocenters. The molecule has 0 bridgehead atoms. The van der Waals surface area contributed by atoms with Crippen LogP contribution in [0.25, 0.3) is 0 Å². The molecular formula is C13H17N3OS. The highest BCUT2D eigenvalue weighted by Crippen LogP contribution is 2.11. The van der Waals surface area contributed by atoms with E-state index in [1.165, 1.54) is 0 Å². The predicted octanol–water partition coefficient (Wildman–Crippen LogP) is 2.33. The third-order valence-corrected chi connectivity index (χ3v) is 3.48. The summed E-state index contributed by atoms with van der Waals surface area (Å²) in [4.78, 5) is 16.1. The second-order valence-corrected chi connectivity index (χ2v) is 5.00. The van der Waals surface area contributed by atoms with Gasteiger partial charge in [0, 0.05) is 30.9 Å². The molecule has 5 heteroatoms. The van der Waals surface area contributed by atoms with E-state index in [0.717, 1.165) is 24.4 Å². The number of nitrogens with zero attached hydrogens (tertiary/aromatic N) is 2. The zero-order chi connectivity index (χ0) is 12.8. The lowest BCUT2D eigenvalue weighted by molar-refractivity contribution is 0.0948. The number of thiazole rings is 1. The fraction of sp³-hybridized carbons (Fsp3) is 0.385. The Hall–Kier alpha value is -1.62. The maximum Gasteiger partial charge on any atom is 0.270 e. The van der Waals surface area contributed by atoms with E-state index in [9.17, 15) is 4.79 Å².